The molecule has 0 aliphatic heterocycles. The first-order chi connectivity index (χ1) is 8.16. The van der Waals surface area contributed by atoms with Crippen LogP contribution in [-0.2, 0) is 0 Å². The Labute approximate surface area is 99.3 Å². The summed E-state index contributed by atoms with van der Waals surface area (Å²) in [6.07, 6.45) is 5.92. The van der Waals surface area contributed by atoms with Crippen molar-refractivity contribution >= 4 is 11.7 Å². The van der Waals surface area contributed by atoms with Crippen LogP contribution in [0.2, 0.25) is 0 Å². The molecule has 6 nitrogen and oxygen atoms in total. The Balaban J connectivity index is 2.10. The summed E-state index contributed by atoms with van der Waals surface area (Å²) < 4.78 is 0. The zero-order valence-electron chi connectivity index (χ0n) is 9.47. The fourth-order valence-electron chi connectivity index (χ4n) is 2.11. The molecule has 6 heteroatoms. The van der Waals surface area contributed by atoms with E-state index >= 15 is 0 Å². The number of carbonyl (C=O) groups excluding carboxylic acids is 1. The summed E-state index contributed by atoms with van der Waals surface area (Å²) in [4.78, 5) is 19.0. The lowest BCUT2D eigenvalue weighted by Crippen LogP contribution is -2.31. The number of aliphatic hydroxyl groups excluding tert-OH is 1. The van der Waals surface area contributed by atoms with Gasteiger partial charge in [0.1, 0.15) is 12.1 Å². The zero-order chi connectivity index (χ0) is 12.3. The minimum atomic E-state index is -0.551. The van der Waals surface area contributed by atoms with Crippen LogP contribution in [0.25, 0.3) is 0 Å². The van der Waals surface area contributed by atoms with Gasteiger partial charge >= 0.3 is 0 Å². The normalized spacial score (nSPS) is 24.3. The molecule has 0 aromatic carbocycles. The van der Waals surface area contributed by atoms with Crippen LogP contribution in [-0.4, -0.2) is 33.1 Å². The lowest BCUT2D eigenvalue weighted by molar-refractivity contribution is 0.100. The molecule has 4 N–H and O–H groups in total. The van der Waals surface area contributed by atoms with Crippen LogP contribution >= 0.6 is 0 Å². The van der Waals surface area contributed by atoms with Gasteiger partial charge in [0, 0.05) is 12.2 Å². The molecule has 1 amide bonds. The zero-order valence-corrected chi connectivity index (χ0v) is 9.47. The number of aromatic nitrogens is 2. The molecule has 2 rings (SSSR count). The highest BCUT2D eigenvalue weighted by atomic mass is 16.3. The third-order valence-electron chi connectivity index (χ3n) is 2.97. The maximum atomic E-state index is 11.2. The molecule has 1 fully saturated rings. The number of amides is 1. The molecule has 1 aliphatic rings. The number of carbonyl (C=O) groups is 1. The number of hydrogen-bond donors (Lipinski definition) is 3. The summed E-state index contributed by atoms with van der Waals surface area (Å²) in [7, 11) is 0. The summed E-state index contributed by atoms with van der Waals surface area (Å²) in [6, 6.07) is 0.131. The fraction of sp³-hybridized carbons (Fsp3) is 0.545. The molecule has 0 saturated heterocycles. The molecular weight excluding hydrogens is 220 g/mol. The molecule has 1 aromatic rings. The number of nitrogens with zero attached hydrogens (tertiary/aromatic N) is 2. The van der Waals surface area contributed by atoms with Crippen molar-refractivity contribution in [3.63, 3.8) is 0 Å². The van der Waals surface area contributed by atoms with Crippen molar-refractivity contribution in [3.05, 3.63) is 18.1 Å². The topological polar surface area (TPSA) is 101 Å². The number of nitrogens with one attached hydrogen (secondary N) is 1. The Morgan fingerprint density at radius 1 is 1.53 bits per heavy atom. The van der Waals surface area contributed by atoms with Crippen LogP contribution < -0.4 is 11.1 Å². The fourth-order valence-corrected chi connectivity index (χ4v) is 2.11. The van der Waals surface area contributed by atoms with Gasteiger partial charge in [-0.15, -0.1) is 0 Å². The van der Waals surface area contributed by atoms with Gasteiger partial charge in [-0.05, 0) is 25.7 Å². The van der Waals surface area contributed by atoms with Crippen LogP contribution in [0.15, 0.2) is 12.5 Å². The number of primary amides is 1. The second-order valence-electron chi connectivity index (χ2n) is 4.31. The van der Waals surface area contributed by atoms with E-state index in [4.69, 9.17) is 5.73 Å². The number of nitrogens with two attached hydrogens (primary N) is 1. The van der Waals surface area contributed by atoms with Crippen molar-refractivity contribution in [2.45, 2.75) is 37.8 Å². The molecule has 0 spiro atoms. The molecule has 92 valence electrons. The van der Waals surface area contributed by atoms with E-state index in [1.807, 2.05) is 0 Å². The van der Waals surface area contributed by atoms with Crippen molar-refractivity contribution in [1.82, 2.24) is 9.97 Å². The highest BCUT2D eigenvalue weighted by Gasteiger charge is 2.21. The lowest BCUT2D eigenvalue weighted by atomic mass is 9.93. The summed E-state index contributed by atoms with van der Waals surface area (Å²) in [6.45, 7) is 0. The highest BCUT2D eigenvalue weighted by molar-refractivity contribution is 5.97. The molecule has 1 unspecified atom stereocenters. The first-order valence-electron chi connectivity index (χ1n) is 5.71. The second kappa shape index (κ2) is 5.09. The van der Waals surface area contributed by atoms with Gasteiger partial charge < -0.3 is 16.2 Å². The van der Waals surface area contributed by atoms with E-state index in [2.05, 4.69) is 15.3 Å². The Morgan fingerprint density at radius 2 is 2.35 bits per heavy atom. The van der Waals surface area contributed by atoms with Crippen LogP contribution in [0, 0.1) is 0 Å². The van der Waals surface area contributed by atoms with Gasteiger partial charge in [0.15, 0.2) is 0 Å². The molecule has 17 heavy (non-hydrogen) atoms. The quantitative estimate of drug-likeness (QED) is 0.700. The molecule has 0 radical (unpaired) electrons. The molecule has 1 aliphatic carbocycles. The maximum absolute atomic E-state index is 11.2. The first-order valence-corrected chi connectivity index (χ1v) is 5.71. The number of anilines is 1. The van der Waals surface area contributed by atoms with Crippen LogP contribution in [0.1, 0.15) is 36.0 Å². The minimum absolute atomic E-state index is 0.131. The van der Waals surface area contributed by atoms with Gasteiger partial charge in [-0.2, -0.15) is 0 Å². The van der Waals surface area contributed by atoms with E-state index in [1.165, 1.54) is 12.5 Å². The molecule has 1 heterocycles. The summed E-state index contributed by atoms with van der Waals surface area (Å²) in [5, 5.41) is 12.7. The summed E-state index contributed by atoms with van der Waals surface area (Å²) in [5.74, 6) is -0.101. The molecule has 1 aromatic heterocycles. The van der Waals surface area contributed by atoms with Crippen molar-refractivity contribution < 1.29 is 9.90 Å². The standard InChI is InChI=1S/C11H16N4O2/c12-10(17)9-5-13-6-14-11(9)15-7-2-1-3-8(16)4-7/h5-8,16H,1-4H2,(H2,12,17)(H,13,14,15)/t7?,8-/m0/s1. The average molecular weight is 236 g/mol. The second-order valence-corrected chi connectivity index (χ2v) is 4.31. The molecule has 1 saturated carbocycles. The summed E-state index contributed by atoms with van der Waals surface area (Å²) in [5.41, 5.74) is 5.52. The van der Waals surface area contributed by atoms with E-state index < -0.39 is 5.91 Å². The largest absolute Gasteiger partial charge is 0.393 e. The van der Waals surface area contributed by atoms with E-state index in [1.54, 1.807) is 0 Å². The molecule has 0 bridgehead atoms. The average Bonchev–Trinajstić information content (AvgIpc) is 2.29. The van der Waals surface area contributed by atoms with Gasteiger partial charge in [0.25, 0.3) is 5.91 Å². The number of aliphatic hydroxyl groups is 1. The van der Waals surface area contributed by atoms with E-state index in [0.29, 0.717) is 12.2 Å². The van der Waals surface area contributed by atoms with Gasteiger partial charge in [-0.3, -0.25) is 4.79 Å². The molecular formula is C11H16N4O2. The van der Waals surface area contributed by atoms with Crippen molar-refractivity contribution in [2.75, 3.05) is 5.32 Å². The van der Waals surface area contributed by atoms with E-state index in [9.17, 15) is 9.90 Å². The van der Waals surface area contributed by atoms with Gasteiger partial charge in [-0.1, -0.05) is 0 Å². The monoisotopic (exact) mass is 236 g/mol. The Hall–Kier alpha value is -1.69. The predicted octanol–water partition coefficient (Wildman–Crippen LogP) is 0.291. The van der Waals surface area contributed by atoms with Gasteiger partial charge in [0.05, 0.1) is 11.7 Å². The lowest BCUT2D eigenvalue weighted by Gasteiger charge is -2.27. The first kappa shape index (κ1) is 11.8. The third kappa shape index (κ3) is 2.91. The SMILES string of the molecule is NC(=O)c1cncnc1NC1CCC[C@H](O)C1. The van der Waals surface area contributed by atoms with Crippen molar-refractivity contribution in [3.8, 4) is 0 Å². The third-order valence-corrected chi connectivity index (χ3v) is 2.97. The summed E-state index contributed by atoms with van der Waals surface area (Å²) >= 11 is 0. The number of hydrogen-bond acceptors (Lipinski definition) is 5. The molecule has 2 atom stereocenters. The van der Waals surface area contributed by atoms with Crippen LogP contribution in [0.4, 0.5) is 5.82 Å². The van der Waals surface area contributed by atoms with Crippen molar-refractivity contribution in [1.29, 1.82) is 0 Å². The van der Waals surface area contributed by atoms with E-state index in [0.717, 1.165) is 19.3 Å². The smallest absolute Gasteiger partial charge is 0.254 e. The van der Waals surface area contributed by atoms with Crippen LogP contribution in [0.5, 0.6) is 0 Å². The van der Waals surface area contributed by atoms with Gasteiger partial charge in [-0.25, -0.2) is 9.97 Å². The Morgan fingerprint density at radius 3 is 3.06 bits per heavy atom. The number of rotatable bonds is 3. The van der Waals surface area contributed by atoms with E-state index in [-0.39, 0.29) is 17.7 Å². The maximum Gasteiger partial charge on any atom is 0.254 e. The Kier molecular flexibility index (Phi) is 3.53. The van der Waals surface area contributed by atoms with Gasteiger partial charge in [0.2, 0.25) is 0 Å². The van der Waals surface area contributed by atoms with Crippen LogP contribution in [0.3, 0.4) is 0 Å². The Bertz CT molecular complexity index is 410. The predicted molar refractivity (Wildman–Crippen MR) is 62.4 cm³/mol. The minimum Gasteiger partial charge on any atom is -0.393 e. The van der Waals surface area contributed by atoms with Crippen molar-refractivity contribution in [2.24, 2.45) is 5.73 Å². The highest BCUT2D eigenvalue weighted by Crippen LogP contribution is 2.22.